The molecule has 25 heavy (non-hydrogen) atoms. The first-order valence-corrected chi connectivity index (χ1v) is 8.64. The number of aromatic nitrogens is 2. The van der Waals surface area contributed by atoms with Gasteiger partial charge in [-0.2, -0.15) is 4.98 Å². The summed E-state index contributed by atoms with van der Waals surface area (Å²) in [7, 11) is 0. The molecule has 2 aromatic rings. The van der Waals surface area contributed by atoms with Gasteiger partial charge in [-0.3, -0.25) is 4.79 Å². The van der Waals surface area contributed by atoms with E-state index in [1.165, 1.54) is 6.07 Å². The molecule has 5 nitrogen and oxygen atoms in total. The number of halogens is 2. The molecule has 3 atom stereocenters. The third-order valence-corrected chi connectivity index (χ3v) is 5.12. The molecule has 1 aromatic heterocycles. The van der Waals surface area contributed by atoms with Gasteiger partial charge in [-0.25, -0.2) is 8.78 Å². The van der Waals surface area contributed by atoms with E-state index in [4.69, 9.17) is 4.52 Å². The predicted molar refractivity (Wildman–Crippen MR) is 85.2 cm³/mol. The van der Waals surface area contributed by atoms with Crippen LogP contribution in [0.3, 0.4) is 0 Å². The highest BCUT2D eigenvalue weighted by Crippen LogP contribution is 2.42. The van der Waals surface area contributed by atoms with Crippen LogP contribution in [0.2, 0.25) is 0 Å². The van der Waals surface area contributed by atoms with Crippen LogP contribution in [0.1, 0.15) is 44.5 Å². The Morgan fingerprint density at radius 3 is 2.80 bits per heavy atom. The zero-order valence-corrected chi connectivity index (χ0v) is 13.9. The molecule has 2 fully saturated rings. The van der Waals surface area contributed by atoms with E-state index >= 15 is 0 Å². The molecule has 1 amide bonds. The van der Waals surface area contributed by atoms with Crippen molar-refractivity contribution in [3.05, 3.63) is 35.7 Å². The Hall–Kier alpha value is -2.31. The fraction of sp³-hybridized carbons (Fsp3) is 0.500. The largest absolute Gasteiger partial charge is 0.337 e. The predicted octanol–water partition coefficient (Wildman–Crippen LogP) is 3.72. The van der Waals surface area contributed by atoms with Gasteiger partial charge in [0.25, 0.3) is 0 Å². The standard InChI is InChI=1S/C18H19F2N3O2/c1-10-8-12(10)18(24)23-7-3-2-4-15(23)17-21-16(22-25-17)11-5-6-13(19)14(20)9-11/h5-6,9-10,12,15H,2-4,7-8H2,1H3/t10-,12-,15+/m1/s1. The number of rotatable bonds is 3. The maximum atomic E-state index is 13.4. The average Bonchev–Trinajstić information content (AvgIpc) is 3.15. The highest BCUT2D eigenvalue weighted by atomic mass is 19.2. The smallest absolute Gasteiger partial charge is 0.249 e. The van der Waals surface area contributed by atoms with Crippen LogP contribution in [0.5, 0.6) is 0 Å². The van der Waals surface area contributed by atoms with Crippen LogP contribution in [-0.4, -0.2) is 27.5 Å². The van der Waals surface area contributed by atoms with Gasteiger partial charge in [0.15, 0.2) is 11.6 Å². The Labute approximate surface area is 144 Å². The number of likely N-dealkylation sites (tertiary alicyclic amines) is 1. The van der Waals surface area contributed by atoms with Gasteiger partial charge in [-0.05, 0) is 49.8 Å². The summed E-state index contributed by atoms with van der Waals surface area (Å²) in [6.45, 7) is 2.77. The van der Waals surface area contributed by atoms with Crippen LogP contribution in [-0.2, 0) is 4.79 Å². The topological polar surface area (TPSA) is 59.2 Å². The zero-order chi connectivity index (χ0) is 17.6. The van der Waals surface area contributed by atoms with E-state index in [0.29, 0.717) is 23.9 Å². The van der Waals surface area contributed by atoms with Crippen molar-refractivity contribution in [2.75, 3.05) is 6.54 Å². The minimum absolute atomic E-state index is 0.106. The van der Waals surface area contributed by atoms with Crippen molar-refractivity contribution in [1.82, 2.24) is 15.0 Å². The minimum atomic E-state index is -0.957. The van der Waals surface area contributed by atoms with Gasteiger partial charge in [0.2, 0.25) is 17.6 Å². The number of benzene rings is 1. The van der Waals surface area contributed by atoms with E-state index in [2.05, 4.69) is 17.1 Å². The second-order valence-electron chi connectivity index (χ2n) is 6.95. The first kappa shape index (κ1) is 16.2. The van der Waals surface area contributed by atoms with Crippen molar-refractivity contribution >= 4 is 5.91 Å². The summed E-state index contributed by atoms with van der Waals surface area (Å²) in [4.78, 5) is 18.9. The van der Waals surface area contributed by atoms with Gasteiger partial charge in [-0.15, -0.1) is 0 Å². The van der Waals surface area contributed by atoms with Crippen LogP contribution in [0.15, 0.2) is 22.7 Å². The summed E-state index contributed by atoms with van der Waals surface area (Å²) in [6.07, 6.45) is 3.66. The van der Waals surface area contributed by atoms with Crippen molar-refractivity contribution in [3.8, 4) is 11.4 Å². The molecule has 1 saturated carbocycles. The number of amides is 1. The van der Waals surface area contributed by atoms with Crippen LogP contribution in [0.4, 0.5) is 8.78 Å². The molecule has 4 rings (SSSR count). The molecule has 0 spiro atoms. The fourth-order valence-corrected chi connectivity index (χ4v) is 3.45. The summed E-state index contributed by atoms with van der Waals surface area (Å²) in [5.41, 5.74) is 0.346. The number of piperidine rings is 1. The lowest BCUT2D eigenvalue weighted by Crippen LogP contribution is -2.39. The van der Waals surface area contributed by atoms with E-state index in [-0.39, 0.29) is 23.7 Å². The fourth-order valence-electron chi connectivity index (χ4n) is 3.45. The highest BCUT2D eigenvalue weighted by Gasteiger charge is 2.44. The molecule has 0 N–H and O–H groups in total. The first-order chi connectivity index (χ1) is 12.0. The molecular weight excluding hydrogens is 328 g/mol. The van der Waals surface area contributed by atoms with Crippen molar-refractivity contribution < 1.29 is 18.1 Å². The molecule has 0 radical (unpaired) electrons. The Balaban J connectivity index is 1.59. The second kappa shape index (κ2) is 6.20. The number of nitrogens with zero attached hydrogens (tertiary/aromatic N) is 3. The third-order valence-electron chi connectivity index (χ3n) is 5.12. The van der Waals surface area contributed by atoms with Gasteiger partial charge in [-0.1, -0.05) is 12.1 Å². The van der Waals surface area contributed by atoms with Gasteiger partial charge < -0.3 is 9.42 Å². The van der Waals surface area contributed by atoms with Crippen LogP contribution < -0.4 is 0 Å². The Morgan fingerprint density at radius 2 is 2.08 bits per heavy atom. The van der Waals surface area contributed by atoms with Crippen molar-refractivity contribution in [2.24, 2.45) is 11.8 Å². The zero-order valence-electron chi connectivity index (χ0n) is 13.9. The Bertz CT molecular complexity index is 807. The average molecular weight is 347 g/mol. The van der Waals surface area contributed by atoms with Crippen LogP contribution in [0, 0.1) is 23.5 Å². The minimum Gasteiger partial charge on any atom is -0.337 e. The maximum absolute atomic E-state index is 13.4. The molecule has 0 bridgehead atoms. The van der Waals surface area contributed by atoms with Gasteiger partial charge >= 0.3 is 0 Å². The summed E-state index contributed by atoms with van der Waals surface area (Å²) >= 11 is 0. The molecule has 2 aliphatic rings. The molecule has 1 saturated heterocycles. The number of hydrogen-bond acceptors (Lipinski definition) is 4. The van der Waals surface area contributed by atoms with E-state index in [1.54, 1.807) is 0 Å². The van der Waals surface area contributed by atoms with Gasteiger partial charge in [0.05, 0.1) is 0 Å². The molecular formula is C18H19F2N3O2. The van der Waals surface area contributed by atoms with Crippen molar-refractivity contribution in [1.29, 1.82) is 0 Å². The molecule has 132 valence electrons. The molecule has 2 heterocycles. The van der Waals surface area contributed by atoms with Crippen molar-refractivity contribution in [3.63, 3.8) is 0 Å². The van der Waals surface area contributed by atoms with Gasteiger partial charge in [0, 0.05) is 18.0 Å². The summed E-state index contributed by atoms with van der Waals surface area (Å²) in [5, 5.41) is 3.89. The Morgan fingerprint density at radius 1 is 1.28 bits per heavy atom. The molecule has 1 aliphatic heterocycles. The van der Waals surface area contributed by atoms with E-state index in [1.807, 2.05) is 4.90 Å². The Kier molecular flexibility index (Phi) is 4.01. The SMILES string of the molecule is C[C@@H]1C[C@H]1C(=O)N1CCCC[C@H]1c1nc(-c2ccc(F)c(F)c2)no1. The lowest BCUT2D eigenvalue weighted by Gasteiger charge is -2.33. The van der Waals surface area contributed by atoms with E-state index in [0.717, 1.165) is 37.8 Å². The maximum Gasteiger partial charge on any atom is 0.249 e. The first-order valence-electron chi connectivity index (χ1n) is 8.64. The van der Waals surface area contributed by atoms with E-state index < -0.39 is 11.6 Å². The third kappa shape index (κ3) is 3.03. The van der Waals surface area contributed by atoms with E-state index in [9.17, 15) is 13.6 Å². The lowest BCUT2D eigenvalue weighted by molar-refractivity contribution is -0.137. The second-order valence-corrected chi connectivity index (χ2v) is 6.95. The highest BCUT2D eigenvalue weighted by molar-refractivity contribution is 5.82. The lowest BCUT2D eigenvalue weighted by atomic mass is 10.0. The van der Waals surface area contributed by atoms with Gasteiger partial charge in [0.1, 0.15) is 6.04 Å². The quantitative estimate of drug-likeness (QED) is 0.849. The normalized spacial score (nSPS) is 25.9. The number of hydrogen-bond donors (Lipinski definition) is 0. The molecule has 1 aromatic carbocycles. The number of carbonyl (C=O) groups excluding carboxylic acids is 1. The number of carbonyl (C=O) groups is 1. The monoisotopic (exact) mass is 347 g/mol. The van der Waals surface area contributed by atoms with Crippen LogP contribution in [0.25, 0.3) is 11.4 Å². The summed E-state index contributed by atoms with van der Waals surface area (Å²) in [6, 6.07) is 3.24. The summed E-state index contributed by atoms with van der Waals surface area (Å²) in [5.74, 6) is -0.613. The molecule has 7 heteroatoms. The molecule has 0 unspecified atom stereocenters. The molecule has 1 aliphatic carbocycles. The van der Waals surface area contributed by atoms with Crippen LogP contribution >= 0.6 is 0 Å². The summed E-state index contributed by atoms with van der Waals surface area (Å²) < 4.78 is 31.9. The van der Waals surface area contributed by atoms with Crippen molar-refractivity contribution in [2.45, 2.75) is 38.6 Å².